The third kappa shape index (κ3) is 3.40. The summed E-state index contributed by atoms with van der Waals surface area (Å²) in [5.41, 5.74) is 1.04. The maximum atomic E-state index is 12.9. The Morgan fingerprint density at radius 3 is 2.81 bits per heavy atom. The number of pyridine rings is 2. The van der Waals surface area contributed by atoms with Crippen molar-refractivity contribution in [1.29, 1.82) is 0 Å². The molecule has 0 aromatic carbocycles. The number of nitrogens with one attached hydrogen (secondary N) is 1. The van der Waals surface area contributed by atoms with E-state index in [0.717, 1.165) is 18.9 Å². The van der Waals surface area contributed by atoms with E-state index in [4.69, 9.17) is 0 Å². The fourth-order valence-electron chi connectivity index (χ4n) is 2.75. The molecule has 8 heteroatoms. The zero-order valence-corrected chi connectivity index (χ0v) is 13.6. The summed E-state index contributed by atoms with van der Waals surface area (Å²) in [5.74, 6) is -0.0902. The zero-order chi connectivity index (χ0) is 18.3. The van der Waals surface area contributed by atoms with Crippen LogP contribution in [0.2, 0.25) is 0 Å². The van der Waals surface area contributed by atoms with E-state index in [-0.39, 0.29) is 24.2 Å². The van der Waals surface area contributed by atoms with Crippen LogP contribution in [-0.4, -0.2) is 26.5 Å². The van der Waals surface area contributed by atoms with Crippen molar-refractivity contribution < 1.29 is 18.0 Å². The minimum Gasteiger partial charge on any atom is -0.352 e. The highest BCUT2D eigenvalue weighted by atomic mass is 19.4. The van der Waals surface area contributed by atoms with Crippen LogP contribution in [0.25, 0.3) is 22.3 Å². The summed E-state index contributed by atoms with van der Waals surface area (Å²) in [7, 11) is 0. The third-order valence-corrected chi connectivity index (χ3v) is 4.21. The first-order chi connectivity index (χ1) is 12.4. The molecule has 0 atom stereocenters. The van der Waals surface area contributed by atoms with Crippen LogP contribution in [0, 0.1) is 0 Å². The van der Waals surface area contributed by atoms with Gasteiger partial charge in [0.15, 0.2) is 0 Å². The number of alkyl halides is 3. The average molecular weight is 360 g/mol. The summed E-state index contributed by atoms with van der Waals surface area (Å²) in [4.78, 5) is 20.0. The van der Waals surface area contributed by atoms with Gasteiger partial charge in [-0.15, -0.1) is 0 Å². The Morgan fingerprint density at radius 1 is 1.27 bits per heavy atom. The van der Waals surface area contributed by atoms with Gasteiger partial charge in [-0.2, -0.15) is 13.2 Å². The lowest BCUT2D eigenvalue weighted by molar-refractivity contribution is -0.141. The molecule has 0 aliphatic heterocycles. The third-order valence-electron chi connectivity index (χ3n) is 4.21. The Bertz CT molecular complexity index is 976. The van der Waals surface area contributed by atoms with Crippen LogP contribution in [0.4, 0.5) is 13.2 Å². The highest BCUT2D eigenvalue weighted by molar-refractivity contribution is 5.83. The summed E-state index contributed by atoms with van der Waals surface area (Å²) in [6.07, 6.45) is 0.734. The van der Waals surface area contributed by atoms with E-state index in [1.807, 2.05) is 0 Å². The standard InChI is InChI=1S/C18H15F3N4O/c19-18(20,21)16-3-1-2-13(24-16)11-8-15-14(22-9-11)6-7-25(15)10-17(26)23-12-4-5-12/h1-3,6-9,12H,4-5,10H2,(H,23,26). The van der Waals surface area contributed by atoms with Gasteiger partial charge in [-0.3, -0.25) is 9.78 Å². The van der Waals surface area contributed by atoms with E-state index >= 15 is 0 Å². The van der Waals surface area contributed by atoms with E-state index < -0.39 is 11.9 Å². The van der Waals surface area contributed by atoms with Crippen LogP contribution in [0.15, 0.2) is 42.7 Å². The first-order valence-electron chi connectivity index (χ1n) is 8.19. The lowest BCUT2D eigenvalue weighted by atomic mass is 10.1. The van der Waals surface area contributed by atoms with Crippen molar-refractivity contribution in [2.45, 2.75) is 31.6 Å². The fraction of sp³-hybridized carbons (Fsp3) is 0.278. The van der Waals surface area contributed by atoms with Gasteiger partial charge in [0.25, 0.3) is 0 Å². The zero-order valence-electron chi connectivity index (χ0n) is 13.6. The minimum atomic E-state index is -4.51. The molecule has 0 spiro atoms. The van der Waals surface area contributed by atoms with Crippen molar-refractivity contribution in [3.63, 3.8) is 0 Å². The molecular weight excluding hydrogens is 345 g/mol. The molecule has 26 heavy (non-hydrogen) atoms. The lowest BCUT2D eigenvalue weighted by Crippen LogP contribution is -2.29. The molecule has 3 aromatic rings. The van der Waals surface area contributed by atoms with Gasteiger partial charge >= 0.3 is 6.18 Å². The van der Waals surface area contributed by atoms with Gasteiger partial charge in [0.2, 0.25) is 5.91 Å². The van der Waals surface area contributed by atoms with Crippen LogP contribution < -0.4 is 5.32 Å². The number of nitrogens with zero attached hydrogens (tertiary/aromatic N) is 3. The van der Waals surface area contributed by atoms with Crippen LogP contribution in [0.3, 0.4) is 0 Å². The Kier molecular flexibility index (Phi) is 3.90. The van der Waals surface area contributed by atoms with Crippen molar-refractivity contribution in [1.82, 2.24) is 19.9 Å². The monoisotopic (exact) mass is 360 g/mol. The normalized spacial score (nSPS) is 14.6. The van der Waals surface area contributed by atoms with Gasteiger partial charge in [-0.1, -0.05) is 6.07 Å². The van der Waals surface area contributed by atoms with Crippen molar-refractivity contribution in [3.8, 4) is 11.3 Å². The molecule has 1 fully saturated rings. The molecule has 1 aliphatic carbocycles. The Labute approximate surface area is 146 Å². The van der Waals surface area contributed by atoms with Crippen molar-refractivity contribution in [2.24, 2.45) is 0 Å². The summed E-state index contributed by atoms with van der Waals surface area (Å²) < 4.78 is 40.4. The van der Waals surface area contributed by atoms with Crippen LogP contribution in [0.5, 0.6) is 0 Å². The minimum absolute atomic E-state index is 0.0902. The van der Waals surface area contributed by atoms with Crippen LogP contribution in [-0.2, 0) is 17.5 Å². The molecule has 1 saturated carbocycles. The van der Waals surface area contributed by atoms with E-state index in [0.29, 0.717) is 16.6 Å². The molecule has 3 aromatic heterocycles. The molecule has 1 N–H and O–H groups in total. The predicted octanol–water partition coefficient (Wildman–Crippen LogP) is 3.40. The fourth-order valence-corrected chi connectivity index (χ4v) is 2.75. The summed E-state index contributed by atoms with van der Waals surface area (Å²) >= 11 is 0. The number of halogens is 3. The molecule has 0 bridgehead atoms. The quantitative estimate of drug-likeness (QED) is 0.776. The van der Waals surface area contributed by atoms with Gasteiger partial charge in [-0.25, -0.2) is 4.98 Å². The second kappa shape index (κ2) is 6.12. The topological polar surface area (TPSA) is 59.8 Å². The molecule has 4 rings (SSSR count). The highest BCUT2D eigenvalue weighted by Gasteiger charge is 2.32. The van der Waals surface area contributed by atoms with Gasteiger partial charge in [0, 0.05) is 24.0 Å². The number of rotatable bonds is 4. The molecule has 5 nitrogen and oxygen atoms in total. The SMILES string of the molecule is O=C(Cn1ccc2ncc(-c3cccc(C(F)(F)F)n3)cc21)NC1CC1. The second-order valence-electron chi connectivity index (χ2n) is 6.32. The van der Waals surface area contributed by atoms with Gasteiger partial charge in [0.05, 0.1) is 16.7 Å². The van der Waals surface area contributed by atoms with Crippen LogP contribution in [0.1, 0.15) is 18.5 Å². The number of carbonyl (C=O) groups is 1. The van der Waals surface area contributed by atoms with Crippen LogP contribution >= 0.6 is 0 Å². The van der Waals surface area contributed by atoms with Gasteiger partial charge in [0.1, 0.15) is 12.2 Å². The Balaban J connectivity index is 1.66. The maximum absolute atomic E-state index is 12.9. The van der Waals surface area contributed by atoms with E-state index in [1.165, 1.54) is 18.3 Å². The van der Waals surface area contributed by atoms with Crippen molar-refractivity contribution in [3.05, 3.63) is 48.4 Å². The molecule has 1 aliphatic rings. The molecule has 0 unspecified atom stereocenters. The lowest BCUT2D eigenvalue weighted by Gasteiger charge is -2.09. The van der Waals surface area contributed by atoms with Crippen molar-refractivity contribution >= 4 is 16.9 Å². The summed E-state index contributed by atoms with van der Waals surface area (Å²) in [6.45, 7) is 0.140. The first kappa shape index (κ1) is 16.6. The second-order valence-corrected chi connectivity index (χ2v) is 6.32. The first-order valence-corrected chi connectivity index (χ1v) is 8.19. The number of aromatic nitrogens is 3. The molecule has 134 valence electrons. The molecule has 0 saturated heterocycles. The molecular formula is C18H15F3N4O. The van der Waals surface area contributed by atoms with E-state index in [1.54, 1.807) is 22.9 Å². The molecule has 1 amide bonds. The number of hydrogen-bond donors (Lipinski definition) is 1. The van der Waals surface area contributed by atoms with Gasteiger partial charge < -0.3 is 9.88 Å². The number of fused-ring (bicyclic) bond motifs is 1. The van der Waals surface area contributed by atoms with E-state index in [9.17, 15) is 18.0 Å². The summed E-state index contributed by atoms with van der Waals surface area (Å²) in [6, 6.07) is 7.49. The number of hydrogen-bond acceptors (Lipinski definition) is 3. The molecule has 3 heterocycles. The predicted molar refractivity (Wildman–Crippen MR) is 89.1 cm³/mol. The van der Waals surface area contributed by atoms with Crippen molar-refractivity contribution in [2.75, 3.05) is 0 Å². The van der Waals surface area contributed by atoms with Gasteiger partial charge in [-0.05, 0) is 37.1 Å². The van der Waals surface area contributed by atoms with E-state index in [2.05, 4.69) is 15.3 Å². The Morgan fingerprint density at radius 2 is 2.08 bits per heavy atom. The average Bonchev–Trinajstić information content (AvgIpc) is 3.33. The Hall–Kier alpha value is -2.90. The highest BCUT2D eigenvalue weighted by Crippen LogP contribution is 2.30. The molecule has 0 radical (unpaired) electrons. The number of carbonyl (C=O) groups excluding carboxylic acids is 1. The number of amides is 1. The smallest absolute Gasteiger partial charge is 0.352 e. The largest absolute Gasteiger partial charge is 0.433 e. The maximum Gasteiger partial charge on any atom is 0.433 e. The summed E-state index contributed by atoms with van der Waals surface area (Å²) in [5, 5.41) is 2.91.